The fourth-order valence-corrected chi connectivity index (χ4v) is 3.09. The molecule has 3 rings (SSSR count). The van der Waals surface area contributed by atoms with Crippen molar-refractivity contribution in [2.24, 2.45) is 5.41 Å². The van der Waals surface area contributed by atoms with Gasteiger partial charge in [-0.25, -0.2) is 0 Å². The summed E-state index contributed by atoms with van der Waals surface area (Å²) in [4.78, 5) is 26.9. The summed E-state index contributed by atoms with van der Waals surface area (Å²) < 4.78 is 11.0. The largest absolute Gasteiger partial charge is 0.496 e. The van der Waals surface area contributed by atoms with Crippen LogP contribution in [0.15, 0.2) is 36.4 Å². The van der Waals surface area contributed by atoms with Gasteiger partial charge in [-0.2, -0.15) is 0 Å². The molecule has 7 heteroatoms. The number of fused-ring (bicyclic) bond motifs is 1. The molecule has 6 nitrogen and oxygen atoms in total. The Balaban J connectivity index is 1.91. The lowest BCUT2D eigenvalue weighted by molar-refractivity contribution is -0.127. The van der Waals surface area contributed by atoms with Crippen LogP contribution in [0.5, 0.6) is 11.5 Å². The molecule has 2 aromatic carbocycles. The first-order chi connectivity index (χ1) is 12.7. The average Bonchev–Trinajstić information content (AvgIpc) is 2.72. The van der Waals surface area contributed by atoms with Crippen molar-refractivity contribution in [3.05, 3.63) is 47.0 Å². The molecule has 0 saturated heterocycles. The van der Waals surface area contributed by atoms with Gasteiger partial charge in [-0.05, 0) is 50.2 Å². The maximum absolute atomic E-state index is 12.7. The van der Waals surface area contributed by atoms with Gasteiger partial charge in [0.05, 0.1) is 23.8 Å². The second-order valence-electron chi connectivity index (χ2n) is 7.02. The number of halogens is 1. The number of nitrogens with zero attached hydrogens (tertiary/aromatic N) is 1. The number of benzene rings is 2. The van der Waals surface area contributed by atoms with E-state index in [0.29, 0.717) is 33.5 Å². The van der Waals surface area contributed by atoms with Gasteiger partial charge < -0.3 is 19.7 Å². The Morgan fingerprint density at radius 1 is 1.26 bits per heavy atom. The van der Waals surface area contributed by atoms with E-state index in [2.05, 4.69) is 5.32 Å². The third-order valence-electron chi connectivity index (χ3n) is 4.46. The number of hydrogen-bond acceptors (Lipinski definition) is 4. The van der Waals surface area contributed by atoms with Gasteiger partial charge in [-0.3, -0.25) is 9.59 Å². The van der Waals surface area contributed by atoms with Gasteiger partial charge in [0.1, 0.15) is 18.1 Å². The topological polar surface area (TPSA) is 67.9 Å². The predicted molar refractivity (Wildman–Crippen MR) is 105 cm³/mol. The van der Waals surface area contributed by atoms with Gasteiger partial charge in [-0.15, -0.1) is 0 Å². The van der Waals surface area contributed by atoms with Crippen molar-refractivity contribution in [3.63, 3.8) is 0 Å². The normalized spacial score (nSPS) is 15.4. The van der Waals surface area contributed by atoms with E-state index in [-0.39, 0.29) is 18.4 Å². The van der Waals surface area contributed by atoms with Crippen molar-refractivity contribution in [1.82, 2.24) is 0 Å². The van der Waals surface area contributed by atoms with Crippen LogP contribution in [0.25, 0.3) is 0 Å². The zero-order valence-electron chi connectivity index (χ0n) is 15.6. The number of hydrogen-bond donors (Lipinski definition) is 1. The lowest BCUT2D eigenvalue weighted by Gasteiger charge is -2.24. The van der Waals surface area contributed by atoms with Gasteiger partial charge in [0.15, 0.2) is 0 Å². The van der Waals surface area contributed by atoms with Gasteiger partial charge in [0.2, 0.25) is 5.91 Å². The fourth-order valence-electron chi connectivity index (χ4n) is 2.92. The molecule has 0 fully saturated rings. The lowest BCUT2D eigenvalue weighted by Crippen LogP contribution is -2.39. The van der Waals surface area contributed by atoms with Crippen molar-refractivity contribution in [2.45, 2.75) is 13.8 Å². The Kier molecular flexibility index (Phi) is 5.02. The highest BCUT2D eigenvalue weighted by Crippen LogP contribution is 2.37. The molecule has 27 heavy (non-hydrogen) atoms. The van der Waals surface area contributed by atoms with E-state index in [1.165, 1.54) is 7.11 Å². The first-order valence-corrected chi connectivity index (χ1v) is 8.80. The molecule has 2 amide bonds. The van der Waals surface area contributed by atoms with Crippen molar-refractivity contribution in [2.75, 3.05) is 31.0 Å². The Bertz CT molecular complexity index is 911. The van der Waals surface area contributed by atoms with Gasteiger partial charge >= 0.3 is 0 Å². The van der Waals surface area contributed by atoms with Crippen molar-refractivity contribution in [1.29, 1.82) is 0 Å². The third kappa shape index (κ3) is 3.71. The molecule has 142 valence electrons. The Morgan fingerprint density at radius 3 is 2.70 bits per heavy atom. The minimum atomic E-state index is -0.634. The van der Waals surface area contributed by atoms with Gasteiger partial charge in [0, 0.05) is 17.8 Å². The smallest absolute Gasteiger partial charge is 0.259 e. The lowest BCUT2D eigenvalue weighted by atomic mass is 9.93. The van der Waals surface area contributed by atoms with Crippen molar-refractivity contribution in [3.8, 4) is 11.5 Å². The van der Waals surface area contributed by atoms with E-state index in [4.69, 9.17) is 21.1 Å². The molecule has 0 aromatic heterocycles. The molecule has 2 aromatic rings. The molecule has 0 aliphatic carbocycles. The van der Waals surface area contributed by atoms with Crippen LogP contribution >= 0.6 is 11.6 Å². The van der Waals surface area contributed by atoms with Crippen molar-refractivity contribution < 1.29 is 19.1 Å². The Morgan fingerprint density at radius 2 is 2.00 bits per heavy atom. The van der Waals surface area contributed by atoms with Crippen LogP contribution in [0.1, 0.15) is 24.2 Å². The molecule has 1 heterocycles. The molecular weight excluding hydrogens is 368 g/mol. The van der Waals surface area contributed by atoms with Crippen molar-refractivity contribution >= 4 is 34.8 Å². The SMILES string of the molecule is COc1ccc(Cl)cc1C(=O)Nc1ccc2c(c1)N(C)C(=O)C(C)(C)CO2. The number of carbonyl (C=O) groups excluding carboxylic acids is 2. The monoisotopic (exact) mass is 388 g/mol. The highest BCUT2D eigenvalue weighted by atomic mass is 35.5. The van der Waals surface area contributed by atoms with Crippen LogP contribution in [0.3, 0.4) is 0 Å². The fraction of sp³-hybridized carbons (Fsp3) is 0.300. The summed E-state index contributed by atoms with van der Waals surface area (Å²) in [5.74, 6) is 0.596. The van der Waals surface area contributed by atoms with Crippen LogP contribution in [0, 0.1) is 5.41 Å². The molecule has 0 spiro atoms. The standard InChI is InChI=1S/C20H21ClN2O4/c1-20(2)11-27-17-8-6-13(10-15(17)23(3)19(20)25)22-18(24)14-9-12(21)5-7-16(14)26-4/h5-10H,11H2,1-4H3,(H,22,24). The summed E-state index contributed by atoms with van der Waals surface area (Å²) in [6, 6.07) is 10.0. The van der Waals surface area contributed by atoms with E-state index < -0.39 is 5.41 Å². The maximum Gasteiger partial charge on any atom is 0.259 e. The summed E-state index contributed by atoms with van der Waals surface area (Å²) in [5.41, 5.74) is 0.817. The van der Waals surface area contributed by atoms with Gasteiger partial charge in [0.25, 0.3) is 5.91 Å². The zero-order valence-corrected chi connectivity index (χ0v) is 16.4. The van der Waals surface area contributed by atoms with Crippen LogP contribution < -0.4 is 19.7 Å². The molecular formula is C20H21ClN2O4. The molecule has 1 aliphatic heterocycles. The summed E-state index contributed by atoms with van der Waals surface area (Å²) in [6.45, 7) is 3.96. The van der Waals surface area contributed by atoms with E-state index >= 15 is 0 Å². The molecule has 0 saturated carbocycles. The zero-order chi connectivity index (χ0) is 19.8. The van der Waals surface area contributed by atoms with E-state index in [1.807, 2.05) is 13.8 Å². The number of nitrogens with one attached hydrogen (secondary N) is 1. The summed E-state index contributed by atoms with van der Waals surface area (Å²) in [7, 11) is 3.19. The van der Waals surface area contributed by atoms with Crippen LogP contribution in [0.4, 0.5) is 11.4 Å². The maximum atomic E-state index is 12.7. The average molecular weight is 389 g/mol. The van der Waals surface area contributed by atoms with E-state index in [0.717, 1.165) is 0 Å². The highest BCUT2D eigenvalue weighted by Gasteiger charge is 2.36. The number of ether oxygens (including phenoxy) is 2. The summed E-state index contributed by atoms with van der Waals surface area (Å²) in [5, 5.41) is 3.25. The molecule has 0 atom stereocenters. The number of methoxy groups -OCH3 is 1. The van der Waals surface area contributed by atoms with Gasteiger partial charge in [-0.1, -0.05) is 11.6 Å². The number of rotatable bonds is 3. The number of anilines is 2. The Hall–Kier alpha value is -2.73. The molecule has 0 radical (unpaired) electrons. The van der Waals surface area contributed by atoms with E-state index in [9.17, 15) is 9.59 Å². The molecule has 1 N–H and O–H groups in total. The van der Waals surface area contributed by atoms with Crippen LogP contribution in [0.2, 0.25) is 5.02 Å². The quantitative estimate of drug-likeness (QED) is 0.863. The summed E-state index contributed by atoms with van der Waals surface area (Å²) in [6.07, 6.45) is 0. The first-order valence-electron chi connectivity index (χ1n) is 8.43. The Labute approximate surface area is 163 Å². The summed E-state index contributed by atoms with van der Waals surface area (Å²) >= 11 is 6.00. The highest BCUT2D eigenvalue weighted by molar-refractivity contribution is 6.31. The second-order valence-corrected chi connectivity index (χ2v) is 7.45. The second kappa shape index (κ2) is 7.12. The molecule has 1 aliphatic rings. The molecule has 0 unspecified atom stereocenters. The minimum Gasteiger partial charge on any atom is -0.496 e. The third-order valence-corrected chi connectivity index (χ3v) is 4.69. The van der Waals surface area contributed by atoms with Crippen LogP contribution in [-0.2, 0) is 4.79 Å². The van der Waals surface area contributed by atoms with Crippen LogP contribution in [-0.4, -0.2) is 32.6 Å². The predicted octanol–water partition coefficient (Wildman–Crippen LogP) is 3.98. The minimum absolute atomic E-state index is 0.0544. The molecule has 0 bridgehead atoms. The van der Waals surface area contributed by atoms with E-state index in [1.54, 1.807) is 48.3 Å². The number of amides is 2. The first kappa shape index (κ1) is 19.0. The number of carbonyl (C=O) groups is 2.